The number of aromatic nitrogens is 3. The zero-order valence-electron chi connectivity index (χ0n) is 10.0. The smallest absolute Gasteiger partial charge is 0.179 e. The van der Waals surface area contributed by atoms with Crippen molar-refractivity contribution >= 4 is 51.5 Å². The second-order valence-corrected chi connectivity index (χ2v) is 7.01. The second kappa shape index (κ2) is 5.36. The molecule has 2 heterocycles. The molecular weight excluding hydrogens is 296 g/mol. The fourth-order valence-electron chi connectivity index (χ4n) is 1.68. The Morgan fingerprint density at radius 3 is 2.79 bits per heavy atom. The standard InChI is InChI=1S/C12H10N4S3/c1-17-11-15-16-12(19-11)18-9-5-6-14-10-7(9)3-2-4-8(10)13/h2-6H,13H2,1H3. The topological polar surface area (TPSA) is 64.7 Å². The first-order valence-electron chi connectivity index (χ1n) is 5.46. The van der Waals surface area contributed by atoms with Gasteiger partial charge in [0.05, 0.1) is 11.2 Å². The highest BCUT2D eigenvalue weighted by Gasteiger charge is 2.09. The molecule has 0 unspecified atom stereocenters. The summed E-state index contributed by atoms with van der Waals surface area (Å²) in [4.78, 5) is 5.43. The Morgan fingerprint density at radius 2 is 2.00 bits per heavy atom. The summed E-state index contributed by atoms with van der Waals surface area (Å²) >= 11 is 4.80. The van der Waals surface area contributed by atoms with Crippen molar-refractivity contribution in [2.75, 3.05) is 12.0 Å². The van der Waals surface area contributed by atoms with Gasteiger partial charge in [-0.3, -0.25) is 4.98 Å². The molecule has 0 spiro atoms. The maximum absolute atomic E-state index is 5.94. The van der Waals surface area contributed by atoms with Crippen LogP contribution in [-0.2, 0) is 0 Å². The van der Waals surface area contributed by atoms with E-state index in [1.807, 2.05) is 30.5 Å². The lowest BCUT2D eigenvalue weighted by molar-refractivity contribution is 0.956. The molecule has 2 aromatic heterocycles. The van der Waals surface area contributed by atoms with Crippen LogP contribution in [0.3, 0.4) is 0 Å². The van der Waals surface area contributed by atoms with Crippen LogP contribution < -0.4 is 5.73 Å². The van der Waals surface area contributed by atoms with E-state index < -0.39 is 0 Å². The number of para-hydroxylation sites is 1. The summed E-state index contributed by atoms with van der Waals surface area (Å²) in [5, 5.41) is 9.32. The van der Waals surface area contributed by atoms with E-state index in [1.165, 1.54) is 0 Å². The summed E-state index contributed by atoms with van der Waals surface area (Å²) in [6.45, 7) is 0. The van der Waals surface area contributed by atoms with E-state index in [9.17, 15) is 0 Å². The fourth-order valence-corrected chi connectivity index (χ4v) is 4.19. The third-order valence-corrected chi connectivity index (χ3v) is 5.55. The van der Waals surface area contributed by atoms with Crippen molar-refractivity contribution in [1.82, 2.24) is 15.2 Å². The number of pyridine rings is 1. The number of rotatable bonds is 3. The van der Waals surface area contributed by atoms with E-state index in [0.717, 1.165) is 24.5 Å². The number of hydrogen-bond acceptors (Lipinski definition) is 7. The van der Waals surface area contributed by atoms with Gasteiger partial charge < -0.3 is 5.73 Å². The van der Waals surface area contributed by atoms with Crippen LogP contribution in [0.1, 0.15) is 0 Å². The van der Waals surface area contributed by atoms with E-state index in [2.05, 4.69) is 15.2 Å². The molecule has 0 atom stereocenters. The molecule has 0 saturated heterocycles. The second-order valence-electron chi connectivity index (χ2n) is 3.69. The Bertz CT molecular complexity index is 726. The first kappa shape index (κ1) is 12.7. The van der Waals surface area contributed by atoms with Gasteiger partial charge in [0.2, 0.25) is 0 Å². The predicted octanol–water partition coefficient (Wildman–Crippen LogP) is 3.54. The number of anilines is 1. The molecule has 1 aromatic carbocycles. The quantitative estimate of drug-likeness (QED) is 0.590. The van der Waals surface area contributed by atoms with Crippen molar-refractivity contribution in [1.29, 1.82) is 0 Å². The molecule has 0 radical (unpaired) electrons. The van der Waals surface area contributed by atoms with Gasteiger partial charge in [-0.05, 0) is 18.4 Å². The van der Waals surface area contributed by atoms with Crippen LogP contribution in [-0.4, -0.2) is 21.4 Å². The molecule has 0 fully saturated rings. The third kappa shape index (κ3) is 2.54. The van der Waals surface area contributed by atoms with E-state index in [1.54, 1.807) is 41.1 Å². The molecule has 96 valence electrons. The first-order valence-corrected chi connectivity index (χ1v) is 8.32. The van der Waals surface area contributed by atoms with Crippen LogP contribution in [0, 0.1) is 0 Å². The Balaban J connectivity index is 2.03. The molecule has 3 aromatic rings. The molecule has 0 aliphatic carbocycles. The number of fused-ring (bicyclic) bond motifs is 1. The van der Waals surface area contributed by atoms with Gasteiger partial charge in [-0.15, -0.1) is 10.2 Å². The van der Waals surface area contributed by atoms with Gasteiger partial charge in [-0.1, -0.05) is 47.0 Å². The first-order chi connectivity index (χ1) is 9.28. The lowest BCUT2D eigenvalue weighted by atomic mass is 10.2. The normalized spacial score (nSPS) is 11.0. The van der Waals surface area contributed by atoms with Crippen molar-refractivity contribution < 1.29 is 0 Å². The average Bonchev–Trinajstić information content (AvgIpc) is 2.88. The van der Waals surface area contributed by atoms with Crippen LogP contribution in [0.2, 0.25) is 0 Å². The van der Waals surface area contributed by atoms with E-state index >= 15 is 0 Å². The summed E-state index contributed by atoms with van der Waals surface area (Å²) in [5.41, 5.74) is 7.48. The summed E-state index contributed by atoms with van der Waals surface area (Å²) in [6, 6.07) is 7.81. The molecule has 3 rings (SSSR count). The average molecular weight is 306 g/mol. The van der Waals surface area contributed by atoms with Gasteiger partial charge >= 0.3 is 0 Å². The van der Waals surface area contributed by atoms with Crippen molar-refractivity contribution in [3.05, 3.63) is 30.5 Å². The van der Waals surface area contributed by atoms with Crippen molar-refractivity contribution in [3.63, 3.8) is 0 Å². The molecule has 0 bridgehead atoms. The highest BCUT2D eigenvalue weighted by atomic mass is 32.2. The Hall–Kier alpha value is -1.31. The van der Waals surface area contributed by atoms with Gasteiger partial charge in [0, 0.05) is 16.5 Å². The molecule has 19 heavy (non-hydrogen) atoms. The third-order valence-electron chi connectivity index (χ3n) is 2.52. The van der Waals surface area contributed by atoms with Crippen LogP contribution >= 0.6 is 34.9 Å². The number of nitrogens with two attached hydrogens (primary N) is 1. The van der Waals surface area contributed by atoms with Crippen LogP contribution in [0.5, 0.6) is 0 Å². The van der Waals surface area contributed by atoms with Crippen LogP contribution in [0.4, 0.5) is 5.69 Å². The molecule has 0 aliphatic heterocycles. The molecular formula is C12H10N4S3. The number of nitrogen functional groups attached to an aromatic ring is 1. The zero-order valence-corrected chi connectivity index (χ0v) is 12.5. The monoisotopic (exact) mass is 306 g/mol. The minimum absolute atomic E-state index is 0.696. The summed E-state index contributed by atoms with van der Waals surface area (Å²) in [7, 11) is 0. The number of nitrogens with zero attached hydrogens (tertiary/aromatic N) is 3. The van der Waals surface area contributed by atoms with Crippen molar-refractivity contribution in [3.8, 4) is 0 Å². The van der Waals surface area contributed by atoms with Gasteiger partial charge in [0.15, 0.2) is 8.68 Å². The van der Waals surface area contributed by atoms with Gasteiger partial charge in [0.25, 0.3) is 0 Å². The number of thioether (sulfide) groups is 1. The lowest BCUT2D eigenvalue weighted by Crippen LogP contribution is -1.90. The molecule has 2 N–H and O–H groups in total. The SMILES string of the molecule is CSc1nnc(Sc2ccnc3c(N)cccc23)s1. The van der Waals surface area contributed by atoms with Gasteiger partial charge in [-0.25, -0.2) is 0 Å². The van der Waals surface area contributed by atoms with Crippen LogP contribution in [0.15, 0.2) is 44.0 Å². The summed E-state index contributed by atoms with van der Waals surface area (Å²) < 4.78 is 1.90. The molecule has 7 heteroatoms. The number of hydrogen-bond donors (Lipinski definition) is 1. The Kier molecular flexibility index (Phi) is 3.58. The van der Waals surface area contributed by atoms with Crippen LogP contribution in [0.25, 0.3) is 10.9 Å². The lowest BCUT2D eigenvalue weighted by Gasteiger charge is -2.05. The Labute approximate surface area is 122 Å². The van der Waals surface area contributed by atoms with Crippen molar-refractivity contribution in [2.24, 2.45) is 0 Å². The fraction of sp³-hybridized carbons (Fsp3) is 0.0833. The maximum atomic E-state index is 5.94. The Morgan fingerprint density at radius 1 is 1.16 bits per heavy atom. The van der Waals surface area contributed by atoms with E-state index in [0.29, 0.717) is 5.69 Å². The highest BCUT2D eigenvalue weighted by Crippen LogP contribution is 2.36. The van der Waals surface area contributed by atoms with E-state index in [4.69, 9.17) is 5.73 Å². The maximum Gasteiger partial charge on any atom is 0.179 e. The number of benzene rings is 1. The molecule has 0 aliphatic rings. The van der Waals surface area contributed by atoms with E-state index in [-0.39, 0.29) is 0 Å². The summed E-state index contributed by atoms with van der Waals surface area (Å²) in [5.74, 6) is 0. The highest BCUT2D eigenvalue weighted by molar-refractivity contribution is 8.03. The molecule has 0 saturated carbocycles. The summed E-state index contributed by atoms with van der Waals surface area (Å²) in [6.07, 6.45) is 3.77. The minimum atomic E-state index is 0.696. The minimum Gasteiger partial charge on any atom is -0.397 e. The predicted molar refractivity (Wildman–Crippen MR) is 82.0 cm³/mol. The molecule has 0 amide bonds. The molecule has 4 nitrogen and oxygen atoms in total. The van der Waals surface area contributed by atoms with Gasteiger partial charge in [-0.2, -0.15) is 0 Å². The largest absolute Gasteiger partial charge is 0.397 e. The van der Waals surface area contributed by atoms with Gasteiger partial charge in [0.1, 0.15) is 0 Å². The van der Waals surface area contributed by atoms with Crippen molar-refractivity contribution in [2.45, 2.75) is 13.6 Å². The zero-order chi connectivity index (χ0) is 13.2.